The molecule has 0 aliphatic carbocycles. The zero-order valence-corrected chi connectivity index (χ0v) is 19.2. The van der Waals surface area contributed by atoms with Crippen LogP contribution in [0.5, 0.6) is 0 Å². The lowest BCUT2D eigenvalue weighted by Crippen LogP contribution is -2.09. The summed E-state index contributed by atoms with van der Waals surface area (Å²) in [5.41, 5.74) is 3.19. The quantitative estimate of drug-likeness (QED) is 0.448. The minimum Gasteiger partial charge on any atom is -0.396 e. The fourth-order valence-electron chi connectivity index (χ4n) is 3.13. The molecule has 0 fully saturated rings. The van der Waals surface area contributed by atoms with Crippen LogP contribution < -0.4 is 0 Å². The Morgan fingerprint density at radius 2 is 1.90 bits per heavy atom. The smallest absolute Gasteiger partial charge is 0.110 e. The Balaban J connectivity index is 2.09. The molecule has 0 radical (unpaired) electrons. The highest BCUT2D eigenvalue weighted by atomic mass is 35.5. The average molecular weight is 450 g/mol. The summed E-state index contributed by atoms with van der Waals surface area (Å²) in [6, 6.07) is 9.63. The van der Waals surface area contributed by atoms with Gasteiger partial charge in [0.15, 0.2) is 0 Å². The van der Waals surface area contributed by atoms with Crippen LogP contribution in [0.25, 0.3) is 0 Å². The molecule has 29 heavy (non-hydrogen) atoms. The van der Waals surface area contributed by atoms with Crippen molar-refractivity contribution in [1.29, 1.82) is 0 Å². The van der Waals surface area contributed by atoms with Gasteiger partial charge in [0.05, 0.1) is 12.2 Å². The van der Waals surface area contributed by atoms with E-state index in [0.29, 0.717) is 29.4 Å². The predicted octanol–water partition coefficient (Wildman–Crippen LogP) is 6.14. The van der Waals surface area contributed by atoms with Gasteiger partial charge in [-0.25, -0.2) is 4.98 Å². The molecule has 0 saturated carbocycles. The van der Waals surface area contributed by atoms with Gasteiger partial charge in [-0.3, -0.25) is 4.98 Å². The molecule has 154 valence electrons. The summed E-state index contributed by atoms with van der Waals surface area (Å²) < 4.78 is 2.24. The normalized spacial score (nSPS) is 11.4. The first kappa shape index (κ1) is 22.2. The van der Waals surface area contributed by atoms with Crippen LogP contribution in [-0.4, -0.2) is 26.2 Å². The van der Waals surface area contributed by atoms with Gasteiger partial charge in [0.2, 0.25) is 0 Å². The third-order valence-corrected chi connectivity index (χ3v) is 6.16. The van der Waals surface area contributed by atoms with Crippen molar-refractivity contribution >= 4 is 35.0 Å². The molecule has 7 heteroatoms. The Kier molecular flexibility index (Phi) is 7.63. The van der Waals surface area contributed by atoms with E-state index in [-0.39, 0.29) is 12.5 Å². The molecular formula is C22H25Cl2N3OS. The molecule has 0 spiro atoms. The lowest BCUT2D eigenvalue weighted by Gasteiger charge is -2.15. The first-order valence-corrected chi connectivity index (χ1v) is 11.2. The summed E-state index contributed by atoms with van der Waals surface area (Å²) in [6.07, 6.45) is 3.20. The number of hydrogen-bond acceptors (Lipinski definition) is 4. The Morgan fingerprint density at radius 1 is 1.17 bits per heavy atom. The Morgan fingerprint density at radius 3 is 2.52 bits per heavy atom. The van der Waals surface area contributed by atoms with Crippen molar-refractivity contribution in [3.8, 4) is 0 Å². The summed E-state index contributed by atoms with van der Waals surface area (Å²) in [4.78, 5) is 10.4. The van der Waals surface area contributed by atoms with Crippen LogP contribution in [0.15, 0.2) is 46.5 Å². The van der Waals surface area contributed by atoms with Crippen LogP contribution in [0.4, 0.5) is 0 Å². The van der Waals surface area contributed by atoms with Gasteiger partial charge < -0.3 is 9.67 Å². The minimum atomic E-state index is 0.141. The van der Waals surface area contributed by atoms with E-state index in [0.717, 1.165) is 32.7 Å². The maximum Gasteiger partial charge on any atom is 0.110 e. The predicted molar refractivity (Wildman–Crippen MR) is 120 cm³/mol. The number of hydrogen-bond donors (Lipinski definition) is 1. The van der Waals surface area contributed by atoms with E-state index in [1.165, 1.54) is 0 Å². The van der Waals surface area contributed by atoms with Crippen LogP contribution in [0.1, 0.15) is 49.0 Å². The van der Waals surface area contributed by atoms with E-state index in [4.69, 9.17) is 28.2 Å². The van der Waals surface area contributed by atoms with E-state index in [1.54, 1.807) is 17.8 Å². The van der Waals surface area contributed by atoms with Crippen LogP contribution >= 0.6 is 35.0 Å². The number of imidazole rings is 1. The summed E-state index contributed by atoms with van der Waals surface area (Å²) in [6.45, 7) is 7.13. The van der Waals surface area contributed by atoms with Gasteiger partial charge in [-0.15, -0.1) is 0 Å². The van der Waals surface area contributed by atoms with E-state index in [9.17, 15) is 5.11 Å². The van der Waals surface area contributed by atoms with Gasteiger partial charge in [-0.1, -0.05) is 54.9 Å². The fourth-order valence-corrected chi connectivity index (χ4v) is 5.05. The highest BCUT2D eigenvalue weighted by molar-refractivity contribution is 7.99. The number of nitrogens with zero attached hydrogens (tertiary/aromatic N) is 3. The lowest BCUT2D eigenvalue weighted by molar-refractivity contribution is 0.287. The van der Waals surface area contributed by atoms with Crippen LogP contribution in [0.3, 0.4) is 0 Å². The molecule has 0 saturated heterocycles. The average Bonchev–Trinajstić information content (AvgIpc) is 2.98. The van der Waals surface area contributed by atoms with E-state index in [2.05, 4.69) is 29.5 Å². The van der Waals surface area contributed by atoms with Gasteiger partial charge in [0, 0.05) is 39.9 Å². The second-order valence-corrected chi connectivity index (χ2v) is 9.18. The summed E-state index contributed by atoms with van der Waals surface area (Å²) in [7, 11) is 0. The number of aromatic nitrogens is 3. The molecular weight excluding hydrogens is 425 g/mol. The van der Waals surface area contributed by atoms with Crippen molar-refractivity contribution in [1.82, 2.24) is 14.5 Å². The first-order valence-electron chi connectivity index (χ1n) is 9.63. The van der Waals surface area contributed by atoms with Gasteiger partial charge >= 0.3 is 0 Å². The van der Waals surface area contributed by atoms with Crippen molar-refractivity contribution in [2.75, 3.05) is 6.61 Å². The van der Waals surface area contributed by atoms with E-state index < -0.39 is 0 Å². The molecule has 0 aliphatic heterocycles. The third kappa shape index (κ3) is 5.54. The number of benzene rings is 1. The molecule has 0 aliphatic rings. The summed E-state index contributed by atoms with van der Waals surface area (Å²) in [5.74, 6) is 1.23. The monoisotopic (exact) mass is 449 g/mol. The number of rotatable bonds is 8. The molecule has 2 heterocycles. The van der Waals surface area contributed by atoms with Gasteiger partial charge in [0.1, 0.15) is 10.9 Å². The number of pyridine rings is 1. The zero-order chi connectivity index (χ0) is 21.0. The molecule has 0 atom stereocenters. The van der Waals surface area contributed by atoms with Crippen molar-refractivity contribution in [3.63, 3.8) is 0 Å². The van der Waals surface area contributed by atoms with Gasteiger partial charge in [-0.2, -0.15) is 0 Å². The molecule has 3 rings (SSSR count). The second kappa shape index (κ2) is 9.98. The van der Waals surface area contributed by atoms with Crippen molar-refractivity contribution in [3.05, 3.63) is 69.3 Å². The Hall–Kier alpha value is -1.53. The number of aryl methyl sites for hydroxylation is 2. The highest BCUT2D eigenvalue weighted by Crippen LogP contribution is 2.37. The lowest BCUT2D eigenvalue weighted by atomic mass is 10.1. The zero-order valence-electron chi connectivity index (χ0n) is 16.8. The number of aliphatic hydroxyl groups is 1. The topological polar surface area (TPSA) is 50.9 Å². The maximum atomic E-state index is 9.35. The van der Waals surface area contributed by atoms with E-state index >= 15 is 0 Å². The van der Waals surface area contributed by atoms with E-state index in [1.807, 2.05) is 31.3 Å². The highest BCUT2D eigenvalue weighted by Gasteiger charge is 2.21. The Labute approximate surface area is 186 Å². The molecule has 1 aromatic carbocycles. The van der Waals surface area contributed by atoms with Crippen LogP contribution in [0.2, 0.25) is 10.0 Å². The molecule has 1 N–H and O–H groups in total. The maximum absolute atomic E-state index is 9.35. The Bertz CT molecular complexity index is 968. The van der Waals surface area contributed by atoms with Gasteiger partial charge in [-0.05, 0) is 49.1 Å². The largest absolute Gasteiger partial charge is 0.396 e. The van der Waals surface area contributed by atoms with Crippen molar-refractivity contribution in [2.24, 2.45) is 0 Å². The number of halogens is 2. The molecule has 3 aromatic rings. The third-order valence-electron chi connectivity index (χ3n) is 4.63. The first-order chi connectivity index (χ1) is 13.9. The van der Waals surface area contributed by atoms with Crippen molar-refractivity contribution in [2.45, 2.75) is 56.0 Å². The van der Waals surface area contributed by atoms with Crippen molar-refractivity contribution < 1.29 is 5.11 Å². The standard InChI is InChI=1S/C22H25Cl2N3OS/c1-14(2)21-22(29-19-11-17(23)10-18(24)12-19)27(20(26-21)7-5-9-28)13-16-6-4-8-25-15(16)3/h4,6,8,10-12,14,28H,5,7,9,13H2,1-3H3. The summed E-state index contributed by atoms with van der Waals surface area (Å²) in [5, 5.41) is 11.7. The SMILES string of the molecule is Cc1ncccc1Cn1c(CCCO)nc(C(C)C)c1Sc1cc(Cl)cc(Cl)c1. The van der Waals surface area contributed by atoms with Crippen LogP contribution in [-0.2, 0) is 13.0 Å². The molecule has 0 amide bonds. The molecule has 0 unspecified atom stereocenters. The fraction of sp³-hybridized carbons (Fsp3) is 0.364. The van der Waals surface area contributed by atoms with Crippen LogP contribution in [0, 0.1) is 6.92 Å². The minimum absolute atomic E-state index is 0.141. The molecule has 0 bridgehead atoms. The van der Waals surface area contributed by atoms with Gasteiger partial charge in [0.25, 0.3) is 0 Å². The second-order valence-electron chi connectivity index (χ2n) is 7.24. The summed E-state index contributed by atoms with van der Waals surface area (Å²) >= 11 is 14.1. The number of aliphatic hydroxyl groups excluding tert-OH is 1. The molecule has 4 nitrogen and oxygen atoms in total. The molecule has 2 aromatic heterocycles.